The van der Waals surface area contributed by atoms with Crippen LogP contribution in [0.1, 0.15) is 25.3 Å². The summed E-state index contributed by atoms with van der Waals surface area (Å²) in [5.41, 5.74) is 1.64. The van der Waals surface area contributed by atoms with Gasteiger partial charge >= 0.3 is 12.1 Å². The molecule has 0 saturated carbocycles. The number of ether oxygens (including phenoxy) is 2. The topological polar surface area (TPSA) is 134 Å². The van der Waals surface area contributed by atoms with Crippen molar-refractivity contribution in [2.24, 2.45) is 5.84 Å². The Morgan fingerprint density at radius 3 is 2.71 bits per heavy atom. The lowest BCUT2D eigenvalue weighted by Crippen LogP contribution is -2.32. The molecule has 3 N–H and O–H groups in total. The first-order valence-corrected chi connectivity index (χ1v) is 6.09. The number of esters is 1. The molecule has 0 aromatic heterocycles. The van der Waals surface area contributed by atoms with Gasteiger partial charge in [-0.05, 0) is 18.6 Å². The molecule has 0 heterocycles. The molecule has 0 spiro atoms. The Morgan fingerprint density at radius 1 is 1.43 bits per heavy atom. The van der Waals surface area contributed by atoms with Crippen LogP contribution < -0.4 is 16.0 Å². The maximum absolute atomic E-state index is 11.3. The van der Waals surface area contributed by atoms with Crippen molar-refractivity contribution in [2.75, 3.05) is 0 Å². The molecule has 0 saturated heterocycles. The van der Waals surface area contributed by atoms with Crippen LogP contribution >= 0.6 is 0 Å². The van der Waals surface area contributed by atoms with E-state index in [1.54, 1.807) is 5.43 Å². The fourth-order valence-electron chi connectivity index (χ4n) is 1.49. The first-order chi connectivity index (χ1) is 9.97. The number of nitrogens with one attached hydrogen (secondary N) is 1. The van der Waals surface area contributed by atoms with Gasteiger partial charge in [-0.1, -0.05) is 6.92 Å². The maximum Gasteiger partial charge on any atom is 0.426 e. The van der Waals surface area contributed by atoms with E-state index in [2.05, 4.69) is 0 Å². The molecule has 9 heteroatoms. The second-order valence-electron chi connectivity index (χ2n) is 3.99. The summed E-state index contributed by atoms with van der Waals surface area (Å²) in [5.74, 6) is 4.45. The first kappa shape index (κ1) is 16.4. The van der Waals surface area contributed by atoms with Crippen molar-refractivity contribution in [3.8, 4) is 5.75 Å². The van der Waals surface area contributed by atoms with Gasteiger partial charge < -0.3 is 9.47 Å². The third kappa shape index (κ3) is 5.07. The normalized spacial score (nSPS) is 9.81. The van der Waals surface area contributed by atoms with Gasteiger partial charge in [0.25, 0.3) is 5.69 Å². The molecule has 0 unspecified atom stereocenters. The summed E-state index contributed by atoms with van der Waals surface area (Å²) in [6, 6.07) is 3.64. The number of hydrazine groups is 1. The smallest absolute Gasteiger partial charge is 0.426 e. The Hall–Kier alpha value is -2.68. The molecule has 0 bridgehead atoms. The van der Waals surface area contributed by atoms with Crippen molar-refractivity contribution >= 4 is 17.7 Å². The minimum atomic E-state index is -0.919. The van der Waals surface area contributed by atoms with Crippen LogP contribution in [-0.2, 0) is 16.1 Å². The maximum atomic E-state index is 11.3. The summed E-state index contributed by atoms with van der Waals surface area (Å²) in [4.78, 5) is 32.6. The summed E-state index contributed by atoms with van der Waals surface area (Å²) < 4.78 is 9.68. The van der Waals surface area contributed by atoms with E-state index in [0.29, 0.717) is 6.42 Å². The summed E-state index contributed by atoms with van der Waals surface area (Å²) in [6.07, 6.45) is -0.0851. The van der Waals surface area contributed by atoms with Crippen molar-refractivity contribution in [1.82, 2.24) is 5.43 Å². The van der Waals surface area contributed by atoms with E-state index < -0.39 is 17.0 Å². The third-order valence-corrected chi connectivity index (χ3v) is 2.42. The molecule has 21 heavy (non-hydrogen) atoms. The Labute approximate surface area is 120 Å². The number of nitro benzene ring substituents is 1. The molecular formula is C12H15N3O6. The van der Waals surface area contributed by atoms with Gasteiger partial charge in [-0.3, -0.25) is 20.3 Å². The molecule has 9 nitrogen and oxygen atoms in total. The standard InChI is InChI=1S/C12H15N3O6/c1-2-3-11(16)20-7-8-6-9(21-12(17)14-13)4-5-10(8)15(18)19/h4-6H,2-3,7,13H2,1H3,(H,14,17). The second-order valence-corrected chi connectivity index (χ2v) is 3.99. The molecule has 1 rings (SSSR count). The van der Waals surface area contributed by atoms with Crippen LogP contribution in [0.5, 0.6) is 5.75 Å². The summed E-state index contributed by atoms with van der Waals surface area (Å²) in [6.45, 7) is 1.53. The van der Waals surface area contributed by atoms with Gasteiger partial charge in [0.05, 0.1) is 10.5 Å². The molecule has 1 aromatic rings. The highest BCUT2D eigenvalue weighted by molar-refractivity contribution is 5.70. The zero-order valence-electron chi connectivity index (χ0n) is 11.3. The predicted molar refractivity (Wildman–Crippen MR) is 71.1 cm³/mol. The van der Waals surface area contributed by atoms with Crippen LogP contribution in [0.3, 0.4) is 0 Å². The monoisotopic (exact) mass is 297 g/mol. The fourth-order valence-corrected chi connectivity index (χ4v) is 1.49. The predicted octanol–water partition coefficient (Wildman–Crippen LogP) is 1.40. The van der Waals surface area contributed by atoms with E-state index in [4.69, 9.17) is 15.3 Å². The molecule has 114 valence electrons. The molecule has 0 fully saturated rings. The van der Waals surface area contributed by atoms with Crippen molar-refractivity contribution < 1.29 is 24.0 Å². The van der Waals surface area contributed by atoms with Gasteiger partial charge in [-0.15, -0.1) is 0 Å². The third-order valence-electron chi connectivity index (χ3n) is 2.42. The number of nitrogens with zero attached hydrogens (tertiary/aromatic N) is 1. The SMILES string of the molecule is CCCC(=O)OCc1cc(OC(=O)NN)ccc1[N+](=O)[O-]. The quantitative estimate of drug-likeness (QED) is 0.266. The van der Waals surface area contributed by atoms with Crippen LogP contribution in [-0.4, -0.2) is 17.0 Å². The van der Waals surface area contributed by atoms with Crippen molar-refractivity contribution in [1.29, 1.82) is 0 Å². The number of carbonyl (C=O) groups excluding carboxylic acids is 2. The number of rotatable bonds is 6. The largest absolute Gasteiger partial charge is 0.461 e. The van der Waals surface area contributed by atoms with E-state index in [9.17, 15) is 19.7 Å². The van der Waals surface area contributed by atoms with E-state index in [1.165, 1.54) is 12.1 Å². The van der Waals surface area contributed by atoms with E-state index in [1.807, 2.05) is 6.92 Å². The molecular weight excluding hydrogens is 282 g/mol. The number of nitrogens with two attached hydrogens (primary N) is 1. The highest BCUT2D eigenvalue weighted by atomic mass is 16.6. The van der Waals surface area contributed by atoms with Crippen molar-refractivity contribution in [2.45, 2.75) is 26.4 Å². The van der Waals surface area contributed by atoms with Crippen LogP contribution in [0.4, 0.5) is 10.5 Å². The van der Waals surface area contributed by atoms with E-state index >= 15 is 0 Å². The highest BCUT2D eigenvalue weighted by Gasteiger charge is 2.17. The minimum Gasteiger partial charge on any atom is -0.461 e. The first-order valence-electron chi connectivity index (χ1n) is 6.09. The van der Waals surface area contributed by atoms with Crippen LogP contribution in [0.15, 0.2) is 18.2 Å². The van der Waals surface area contributed by atoms with Gasteiger partial charge in [0.2, 0.25) is 0 Å². The summed E-state index contributed by atoms with van der Waals surface area (Å²) in [7, 11) is 0. The molecule has 0 atom stereocenters. The molecule has 0 radical (unpaired) electrons. The number of hydrogen-bond acceptors (Lipinski definition) is 7. The molecule has 1 aromatic carbocycles. The molecule has 0 aliphatic carbocycles. The average molecular weight is 297 g/mol. The van der Waals surface area contributed by atoms with Gasteiger partial charge in [-0.25, -0.2) is 10.6 Å². The van der Waals surface area contributed by atoms with E-state index in [-0.39, 0.29) is 30.0 Å². The zero-order chi connectivity index (χ0) is 15.8. The Kier molecular flexibility index (Phi) is 6.08. The average Bonchev–Trinajstić information content (AvgIpc) is 2.45. The lowest BCUT2D eigenvalue weighted by Gasteiger charge is -2.08. The van der Waals surface area contributed by atoms with Gasteiger partial charge in [0.1, 0.15) is 12.4 Å². The molecule has 0 aliphatic heterocycles. The molecule has 1 amide bonds. The van der Waals surface area contributed by atoms with Gasteiger partial charge in [-0.2, -0.15) is 0 Å². The Balaban J connectivity index is 2.90. The van der Waals surface area contributed by atoms with Crippen molar-refractivity contribution in [3.63, 3.8) is 0 Å². The highest BCUT2D eigenvalue weighted by Crippen LogP contribution is 2.25. The summed E-state index contributed by atoms with van der Waals surface area (Å²) >= 11 is 0. The van der Waals surface area contributed by atoms with E-state index in [0.717, 1.165) is 6.07 Å². The van der Waals surface area contributed by atoms with Gasteiger partial charge in [0.15, 0.2) is 0 Å². The second kappa shape index (κ2) is 7.80. The van der Waals surface area contributed by atoms with Gasteiger partial charge in [0, 0.05) is 12.5 Å². The fraction of sp³-hybridized carbons (Fsp3) is 0.333. The lowest BCUT2D eigenvalue weighted by atomic mass is 10.2. The van der Waals surface area contributed by atoms with Crippen LogP contribution in [0.2, 0.25) is 0 Å². The lowest BCUT2D eigenvalue weighted by molar-refractivity contribution is -0.385. The Morgan fingerprint density at radius 2 is 2.14 bits per heavy atom. The number of benzene rings is 1. The molecule has 0 aliphatic rings. The van der Waals surface area contributed by atoms with Crippen LogP contribution in [0.25, 0.3) is 0 Å². The van der Waals surface area contributed by atoms with Crippen LogP contribution in [0, 0.1) is 10.1 Å². The summed E-state index contributed by atoms with van der Waals surface area (Å²) in [5, 5.41) is 10.9. The number of amides is 1. The number of nitro groups is 1. The minimum absolute atomic E-state index is 0.0464. The zero-order valence-corrected chi connectivity index (χ0v) is 11.3. The Bertz CT molecular complexity index is 546. The van der Waals surface area contributed by atoms with Crippen molar-refractivity contribution in [3.05, 3.63) is 33.9 Å². The number of hydrogen-bond donors (Lipinski definition) is 2. The number of carbonyl (C=O) groups is 2.